The van der Waals surface area contributed by atoms with Crippen LogP contribution in [0.5, 0.6) is 5.75 Å². The molecule has 0 radical (unpaired) electrons. The molecule has 1 amide bonds. The maximum Gasteiger partial charge on any atom is 0.255 e. The van der Waals surface area contributed by atoms with E-state index in [9.17, 15) is 18.3 Å². The van der Waals surface area contributed by atoms with Crippen LogP contribution in [0.3, 0.4) is 0 Å². The number of carbonyl (C=O) groups is 1. The molecule has 0 aliphatic heterocycles. The number of phenolic OH excluding ortho intramolecular Hbond substituents is 1. The summed E-state index contributed by atoms with van der Waals surface area (Å²) < 4.78 is 26.2. The normalized spacial score (nSPS) is 11.5. The molecule has 0 fully saturated rings. The zero-order valence-electron chi connectivity index (χ0n) is 14.5. The fraction of sp³-hybridized carbons (Fsp3) is 0.278. The van der Waals surface area contributed by atoms with Gasteiger partial charge in [-0.1, -0.05) is 13.8 Å². The summed E-state index contributed by atoms with van der Waals surface area (Å²) in [6, 6.07) is 10.6. The van der Waals surface area contributed by atoms with Gasteiger partial charge in [-0.3, -0.25) is 4.79 Å². The van der Waals surface area contributed by atoms with E-state index in [1.54, 1.807) is 39.0 Å². The molecule has 0 bridgehead atoms. The molecule has 0 aliphatic rings. The quantitative estimate of drug-likeness (QED) is 0.827. The van der Waals surface area contributed by atoms with Gasteiger partial charge in [0.05, 0.1) is 4.90 Å². The Kier molecular flexibility index (Phi) is 5.81. The van der Waals surface area contributed by atoms with Crippen molar-refractivity contribution in [1.82, 2.24) is 4.31 Å². The van der Waals surface area contributed by atoms with Crippen LogP contribution in [0.1, 0.15) is 29.8 Å². The largest absolute Gasteiger partial charge is 0.508 e. The number of carbonyl (C=O) groups excluding carboxylic acids is 1. The first-order valence-electron chi connectivity index (χ1n) is 8.00. The Labute approximate surface area is 148 Å². The van der Waals surface area contributed by atoms with E-state index in [2.05, 4.69) is 5.32 Å². The zero-order chi connectivity index (χ0) is 18.6. The Morgan fingerprint density at radius 1 is 1.08 bits per heavy atom. The van der Waals surface area contributed by atoms with Crippen molar-refractivity contribution >= 4 is 21.6 Å². The van der Waals surface area contributed by atoms with Crippen LogP contribution >= 0.6 is 0 Å². The molecule has 0 heterocycles. The van der Waals surface area contributed by atoms with Gasteiger partial charge in [-0.05, 0) is 55.0 Å². The number of aromatic hydroxyl groups is 1. The van der Waals surface area contributed by atoms with Gasteiger partial charge in [-0.15, -0.1) is 0 Å². The van der Waals surface area contributed by atoms with E-state index in [0.29, 0.717) is 29.9 Å². The highest BCUT2D eigenvalue weighted by atomic mass is 32.2. The minimum absolute atomic E-state index is 0.127. The van der Waals surface area contributed by atoms with E-state index in [1.165, 1.54) is 28.6 Å². The third kappa shape index (κ3) is 4.18. The number of nitrogens with one attached hydrogen (secondary N) is 1. The number of phenols is 1. The Morgan fingerprint density at radius 3 is 2.20 bits per heavy atom. The molecule has 0 spiro atoms. The predicted octanol–water partition coefficient (Wildman–Crippen LogP) is 2.98. The van der Waals surface area contributed by atoms with E-state index >= 15 is 0 Å². The number of rotatable bonds is 6. The summed E-state index contributed by atoms with van der Waals surface area (Å²) in [6.45, 7) is 6.08. The highest BCUT2D eigenvalue weighted by molar-refractivity contribution is 7.89. The van der Waals surface area contributed by atoms with E-state index < -0.39 is 10.0 Å². The van der Waals surface area contributed by atoms with E-state index in [4.69, 9.17) is 0 Å². The van der Waals surface area contributed by atoms with Gasteiger partial charge >= 0.3 is 0 Å². The van der Waals surface area contributed by atoms with Gasteiger partial charge in [-0.2, -0.15) is 4.31 Å². The van der Waals surface area contributed by atoms with Crippen LogP contribution in [-0.2, 0) is 10.0 Å². The van der Waals surface area contributed by atoms with Crippen LogP contribution in [-0.4, -0.2) is 36.8 Å². The monoisotopic (exact) mass is 362 g/mol. The molecule has 134 valence electrons. The lowest BCUT2D eigenvalue weighted by Crippen LogP contribution is -2.30. The number of benzene rings is 2. The molecule has 2 aromatic rings. The minimum atomic E-state index is -3.52. The van der Waals surface area contributed by atoms with E-state index in [1.807, 2.05) is 0 Å². The van der Waals surface area contributed by atoms with Gasteiger partial charge in [0.15, 0.2) is 0 Å². The fourth-order valence-corrected chi connectivity index (χ4v) is 3.88. The summed E-state index contributed by atoms with van der Waals surface area (Å²) >= 11 is 0. The highest BCUT2D eigenvalue weighted by Crippen LogP contribution is 2.20. The summed E-state index contributed by atoms with van der Waals surface area (Å²) in [5.41, 5.74) is 1.51. The van der Waals surface area contributed by atoms with Gasteiger partial charge in [0.1, 0.15) is 5.75 Å². The Morgan fingerprint density at radius 2 is 1.68 bits per heavy atom. The molecule has 2 rings (SSSR count). The molecule has 6 nitrogen and oxygen atoms in total. The number of aryl methyl sites for hydroxylation is 1. The number of amides is 1. The zero-order valence-corrected chi connectivity index (χ0v) is 15.3. The lowest BCUT2D eigenvalue weighted by Gasteiger charge is -2.18. The Hall–Kier alpha value is -2.38. The van der Waals surface area contributed by atoms with Gasteiger partial charge in [0.2, 0.25) is 10.0 Å². The average molecular weight is 362 g/mol. The molecule has 2 N–H and O–H groups in total. The second kappa shape index (κ2) is 7.67. The van der Waals surface area contributed by atoms with Crippen LogP contribution in [0.25, 0.3) is 0 Å². The first-order valence-corrected chi connectivity index (χ1v) is 9.44. The first kappa shape index (κ1) is 19.0. The van der Waals surface area contributed by atoms with Gasteiger partial charge in [0.25, 0.3) is 5.91 Å². The summed E-state index contributed by atoms with van der Waals surface area (Å²) in [7, 11) is -3.52. The average Bonchev–Trinajstić information content (AvgIpc) is 2.58. The van der Waals surface area contributed by atoms with Gasteiger partial charge < -0.3 is 10.4 Å². The van der Waals surface area contributed by atoms with Crippen LogP contribution in [0.15, 0.2) is 47.4 Å². The molecule has 0 unspecified atom stereocenters. The molecule has 25 heavy (non-hydrogen) atoms. The van der Waals surface area contributed by atoms with Crippen molar-refractivity contribution in [3.05, 3.63) is 53.6 Å². The number of hydrogen-bond donors (Lipinski definition) is 2. The van der Waals surface area contributed by atoms with E-state index in [0.717, 1.165) is 0 Å². The molecular weight excluding hydrogens is 340 g/mol. The van der Waals surface area contributed by atoms with Crippen molar-refractivity contribution in [2.75, 3.05) is 18.4 Å². The lowest BCUT2D eigenvalue weighted by atomic mass is 10.1. The first-order chi connectivity index (χ1) is 11.8. The number of sulfonamides is 1. The summed E-state index contributed by atoms with van der Waals surface area (Å²) in [6.07, 6.45) is 0. The van der Waals surface area contributed by atoms with Gasteiger partial charge in [-0.25, -0.2) is 8.42 Å². The maximum absolute atomic E-state index is 12.4. The summed E-state index contributed by atoms with van der Waals surface area (Å²) in [5, 5.41) is 12.2. The minimum Gasteiger partial charge on any atom is -0.508 e. The highest BCUT2D eigenvalue weighted by Gasteiger charge is 2.21. The Balaban J connectivity index is 2.17. The second-order valence-corrected chi connectivity index (χ2v) is 7.51. The van der Waals surface area contributed by atoms with Crippen molar-refractivity contribution in [2.24, 2.45) is 0 Å². The molecule has 0 aliphatic carbocycles. The smallest absolute Gasteiger partial charge is 0.255 e. The molecule has 0 aromatic heterocycles. The van der Waals surface area contributed by atoms with Crippen LogP contribution in [0, 0.1) is 6.92 Å². The summed E-state index contributed by atoms with van der Waals surface area (Å²) in [5.74, 6) is -0.204. The molecule has 0 saturated heterocycles. The topological polar surface area (TPSA) is 86.7 Å². The van der Waals surface area contributed by atoms with Crippen LogP contribution in [0.2, 0.25) is 0 Å². The van der Waals surface area contributed by atoms with Crippen molar-refractivity contribution in [1.29, 1.82) is 0 Å². The standard InChI is InChI=1S/C18H22N2O4S/c1-4-20(5-2)25(23,24)16-9-7-15(8-10-16)19-18(22)14-6-11-17(21)13(3)12-14/h6-12,21H,4-5H2,1-3H3,(H,19,22). The van der Waals surface area contributed by atoms with Crippen LogP contribution < -0.4 is 5.32 Å². The number of nitrogens with zero attached hydrogens (tertiary/aromatic N) is 1. The third-order valence-corrected chi connectivity index (χ3v) is 5.98. The van der Waals surface area contributed by atoms with Crippen LogP contribution in [0.4, 0.5) is 5.69 Å². The third-order valence-electron chi connectivity index (χ3n) is 3.91. The molecule has 0 atom stereocenters. The molecular formula is C18H22N2O4S. The van der Waals surface area contributed by atoms with Gasteiger partial charge in [0, 0.05) is 24.3 Å². The SMILES string of the molecule is CCN(CC)S(=O)(=O)c1ccc(NC(=O)c2ccc(O)c(C)c2)cc1. The van der Waals surface area contributed by atoms with Crippen molar-refractivity contribution < 1.29 is 18.3 Å². The number of hydrogen-bond acceptors (Lipinski definition) is 4. The predicted molar refractivity (Wildman–Crippen MR) is 97.3 cm³/mol. The fourth-order valence-electron chi connectivity index (χ4n) is 2.42. The molecule has 0 saturated carbocycles. The molecule has 7 heteroatoms. The Bertz CT molecular complexity index is 857. The van der Waals surface area contributed by atoms with Crippen molar-refractivity contribution in [2.45, 2.75) is 25.7 Å². The maximum atomic E-state index is 12.4. The summed E-state index contributed by atoms with van der Waals surface area (Å²) in [4.78, 5) is 12.4. The lowest BCUT2D eigenvalue weighted by molar-refractivity contribution is 0.102. The van der Waals surface area contributed by atoms with Crippen molar-refractivity contribution in [3.8, 4) is 5.75 Å². The molecule has 2 aromatic carbocycles. The second-order valence-electron chi connectivity index (χ2n) is 5.57. The van der Waals surface area contributed by atoms with Crippen molar-refractivity contribution in [3.63, 3.8) is 0 Å². The number of anilines is 1. The van der Waals surface area contributed by atoms with E-state index in [-0.39, 0.29) is 16.6 Å².